The van der Waals surface area contributed by atoms with Crippen molar-refractivity contribution < 1.29 is 14.3 Å². The molecule has 0 unspecified atom stereocenters. The first kappa shape index (κ1) is 13.3. The Bertz CT molecular complexity index is 580. The lowest BCUT2D eigenvalue weighted by Crippen LogP contribution is -2.04. The molecule has 18 heavy (non-hydrogen) atoms. The molecule has 2 rings (SSSR count). The third-order valence-electron chi connectivity index (χ3n) is 2.31. The number of aromatic carboxylic acids is 1. The van der Waals surface area contributed by atoms with Gasteiger partial charge in [-0.15, -0.1) is 0 Å². The topological polar surface area (TPSA) is 63.3 Å². The Morgan fingerprint density at radius 3 is 2.72 bits per heavy atom. The van der Waals surface area contributed by atoms with Gasteiger partial charge in [0.2, 0.25) is 0 Å². The molecule has 0 saturated carbocycles. The molecule has 0 bridgehead atoms. The van der Waals surface area contributed by atoms with E-state index >= 15 is 0 Å². The maximum Gasteiger partial charge on any atom is 0.354 e. The van der Waals surface area contributed by atoms with Gasteiger partial charge in [-0.05, 0) is 46.6 Å². The molecule has 4 nitrogen and oxygen atoms in total. The maximum absolute atomic E-state index is 11.0. The van der Waals surface area contributed by atoms with Crippen LogP contribution in [0.4, 0.5) is 0 Å². The molecule has 6 heteroatoms. The fraction of sp³-hybridized carbons (Fsp3) is 0.167. The first-order valence-electron chi connectivity index (χ1n) is 5.16. The predicted octanol–water partition coefficient (Wildman–Crippen LogP) is 3.74. The average molecular weight is 375 g/mol. The summed E-state index contributed by atoms with van der Waals surface area (Å²) in [7, 11) is 0. The van der Waals surface area contributed by atoms with Crippen molar-refractivity contribution in [3.63, 3.8) is 0 Å². The van der Waals surface area contributed by atoms with Gasteiger partial charge in [0.15, 0.2) is 4.67 Å². The zero-order valence-electron chi connectivity index (χ0n) is 9.19. The van der Waals surface area contributed by atoms with Gasteiger partial charge in [0.25, 0.3) is 0 Å². The summed E-state index contributed by atoms with van der Waals surface area (Å²) >= 11 is 6.53. The number of hydrogen-bond acceptors (Lipinski definition) is 3. The lowest BCUT2D eigenvalue weighted by molar-refractivity contribution is 0.0690. The van der Waals surface area contributed by atoms with E-state index in [1.807, 2.05) is 6.07 Å². The Morgan fingerprint density at radius 2 is 2.17 bits per heavy atom. The Labute approximate surface area is 120 Å². The predicted molar refractivity (Wildman–Crippen MR) is 74.1 cm³/mol. The Balaban J connectivity index is 2.49. The van der Waals surface area contributed by atoms with Crippen LogP contribution in [-0.4, -0.2) is 21.4 Å². The molecule has 0 fully saturated rings. The molecule has 0 aromatic carbocycles. The molecular weight excluding hydrogens is 366 g/mol. The molecule has 0 aliphatic rings. The highest BCUT2D eigenvalue weighted by Gasteiger charge is 2.12. The van der Waals surface area contributed by atoms with Gasteiger partial charge in [-0.3, -0.25) is 0 Å². The zero-order chi connectivity index (χ0) is 13.1. The van der Waals surface area contributed by atoms with Crippen molar-refractivity contribution in [3.8, 4) is 11.3 Å². The molecule has 94 valence electrons. The van der Waals surface area contributed by atoms with Crippen LogP contribution in [-0.2, 0) is 6.42 Å². The van der Waals surface area contributed by atoms with Crippen LogP contribution in [0, 0.1) is 0 Å². The van der Waals surface area contributed by atoms with E-state index < -0.39 is 5.97 Å². The first-order valence-corrected chi connectivity index (χ1v) is 7.07. The van der Waals surface area contributed by atoms with Crippen LogP contribution in [0.1, 0.15) is 16.2 Å². The zero-order valence-corrected chi connectivity index (χ0v) is 12.4. The van der Waals surface area contributed by atoms with Crippen molar-refractivity contribution in [1.29, 1.82) is 0 Å². The molecule has 0 radical (unpaired) electrons. The van der Waals surface area contributed by atoms with E-state index in [-0.39, 0.29) is 5.69 Å². The van der Waals surface area contributed by atoms with Crippen LogP contribution in [0.5, 0.6) is 0 Å². The minimum absolute atomic E-state index is 0.0240. The molecule has 2 aromatic heterocycles. The lowest BCUT2D eigenvalue weighted by Gasteiger charge is -2.04. The van der Waals surface area contributed by atoms with E-state index in [9.17, 15) is 4.79 Å². The number of furan rings is 1. The van der Waals surface area contributed by atoms with Crippen molar-refractivity contribution >= 4 is 37.8 Å². The molecule has 0 aliphatic carbocycles. The summed E-state index contributed by atoms with van der Waals surface area (Å²) in [5.41, 5.74) is 1.45. The monoisotopic (exact) mass is 373 g/mol. The van der Waals surface area contributed by atoms with Crippen molar-refractivity contribution in [2.75, 3.05) is 5.33 Å². The molecule has 0 amide bonds. The number of aryl methyl sites for hydroxylation is 1. The summed E-state index contributed by atoms with van der Waals surface area (Å²) < 4.78 is 6.03. The molecule has 2 heterocycles. The van der Waals surface area contributed by atoms with Gasteiger partial charge in [0.1, 0.15) is 11.5 Å². The normalized spacial score (nSPS) is 10.6. The second-order valence-corrected chi connectivity index (χ2v) is 5.15. The Hall–Kier alpha value is -1.14. The Morgan fingerprint density at radius 1 is 1.39 bits per heavy atom. The summed E-state index contributed by atoms with van der Waals surface area (Å²) in [6.07, 6.45) is 0.663. The van der Waals surface area contributed by atoms with Gasteiger partial charge in [-0.25, -0.2) is 9.78 Å². The summed E-state index contributed by atoms with van der Waals surface area (Å²) in [6, 6.07) is 6.88. The Kier molecular flexibility index (Phi) is 4.19. The fourth-order valence-corrected chi connectivity index (χ4v) is 2.25. The molecule has 2 aromatic rings. The van der Waals surface area contributed by atoms with Gasteiger partial charge in [0.05, 0.1) is 0 Å². The van der Waals surface area contributed by atoms with Crippen molar-refractivity contribution in [2.45, 2.75) is 6.42 Å². The highest BCUT2D eigenvalue weighted by molar-refractivity contribution is 9.10. The van der Waals surface area contributed by atoms with Crippen LogP contribution in [0.25, 0.3) is 11.3 Å². The van der Waals surface area contributed by atoms with Crippen LogP contribution in [0.15, 0.2) is 33.4 Å². The number of pyridine rings is 1. The summed E-state index contributed by atoms with van der Waals surface area (Å²) in [4.78, 5) is 15.1. The second kappa shape index (κ2) is 5.67. The van der Waals surface area contributed by atoms with Crippen LogP contribution in [0.2, 0.25) is 0 Å². The minimum Gasteiger partial charge on any atom is -0.477 e. The minimum atomic E-state index is -1.04. The van der Waals surface area contributed by atoms with Crippen LogP contribution >= 0.6 is 31.9 Å². The number of rotatable bonds is 4. The van der Waals surface area contributed by atoms with Gasteiger partial charge < -0.3 is 9.52 Å². The average Bonchev–Trinajstić information content (AvgIpc) is 2.76. The number of halogens is 2. The molecule has 1 N–H and O–H groups in total. The second-order valence-electron chi connectivity index (χ2n) is 3.58. The first-order chi connectivity index (χ1) is 8.60. The fourth-order valence-electron chi connectivity index (χ4n) is 1.53. The third-order valence-corrected chi connectivity index (χ3v) is 3.13. The number of carboxylic acid groups (broad SMARTS) is 1. The maximum atomic E-state index is 11.0. The largest absolute Gasteiger partial charge is 0.477 e. The standard InChI is InChI=1S/C12H9Br2NO3/c13-4-3-8-5-7(6-9(15-8)12(16)17)10-1-2-11(14)18-10/h1-2,5-6H,3-4H2,(H,16,17). The number of carbonyl (C=O) groups is 1. The van der Waals surface area contributed by atoms with E-state index in [1.165, 1.54) is 6.07 Å². The number of alkyl halides is 1. The van der Waals surface area contributed by atoms with E-state index in [2.05, 4.69) is 36.8 Å². The van der Waals surface area contributed by atoms with Gasteiger partial charge in [0, 0.05) is 16.6 Å². The van der Waals surface area contributed by atoms with Gasteiger partial charge >= 0.3 is 5.97 Å². The molecule has 0 atom stereocenters. The molecule has 0 aliphatic heterocycles. The highest BCUT2D eigenvalue weighted by atomic mass is 79.9. The summed E-state index contributed by atoms with van der Waals surface area (Å²) in [6.45, 7) is 0. The van der Waals surface area contributed by atoms with E-state index in [1.54, 1.807) is 12.1 Å². The molecule has 0 saturated heterocycles. The third kappa shape index (κ3) is 3.00. The molecule has 0 spiro atoms. The SMILES string of the molecule is O=C(O)c1cc(-c2ccc(Br)o2)cc(CCBr)n1. The van der Waals surface area contributed by atoms with Crippen molar-refractivity contribution in [2.24, 2.45) is 0 Å². The van der Waals surface area contributed by atoms with Crippen LogP contribution < -0.4 is 0 Å². The number of carboxylic acids is 1. The van der Waals surface area contributed by atoms with Gasteiger partial charge in [-0.1, -0.05) is 15.9 Å². The van der Waals surface area contributed by atoms with E-state index in [0.717, 1.165) is 5.33 Å². The van der Waals surface area contributed by atoms with Crippen molar-refractivity contribution in [3.05, 3.63) is 40.3 Å². The quantitative estimate of drug-likeness (QED) is 0.828. The van der Waals surface area contributed by atoms with E-state index in [0.29, 0.717) is 28.1 Å². The van der Waals surface area contributed by atoms with E-state index in [4.69, 9.17) is 9.52 Å². The van der Waals surface area contributed by atoms with Crippen molar-refractivity contribution in [1.82, 2.24) is 4.98 Å². The summed E-state index contributed by atoms with van der Waals surface area (Å²) in [5, 5.41) is 9.77. The number of hydrogen-bond donors (Lipinski definition) is 1. The van der Waals surface area contributed by atoms with Crippen LogP contribution in [0.3, 0.4) is 0 Å². The lowest BCUT2D eigenvalue weighted by atomic mass is 10.1. The molecular formula is C12H9Br2NO3. The smallest absolute Gasteiger partial charge is 0.354 e. The number of aromatic nitrogens is 1. The number of nitrogens with zero attached hydrogens (tertiary/aromatic N) is 1. The summed E-state index contributed by atoms with van der Waals surface area (Å²) in [5.74, 6) is -0.430. The van der Waals surface area contributed by atoms with Gasteiger partial charge in [-0.2, -0.15) is 0 Å². The highest BCUT2D eigenvalue weighted by Crippen LogP contribution is 2.26.